The van der Waals surface area contributed by atoms with E-state index in [0.717, 1.165) is 11.1 Å². The molecule has 166 valence electrons. The lowest BCUT2D eigenvalue weighted by Crippen LogP contribution is -2.46. The summed E-state index contributed by atoms with van der Waals surface area (Å²) >= 11 is 0. The second-order valence-corrected chi connectivity index (χ2v) is 11.2. The number of hydrogen-bond acceptors (Lipinski definition) is 5. The van der Waals surface area contributed by atoms with E-state index < -0.39 is 31.5 Å². The number of benzene rings is 1. The SMILES string of the molecule is C/N=C(/N)C(C)(C)S1(=O)=NCC[C@H]1c1cc(NC(=O)c2ncc(C)cc2C)ccc1F. The van der Waals surface area contributed by atoms with Crippen LogP contribution in [0.1, 0.15) is 52.7 Å². The van der Waals surface area contributed by atoms with E-state index in [0.29, 0.717) is 24.3 Å². The second kappa shape index (κ2) is 8.37. The number of amides is 1. The Balaban J connectivity index is 1.97. The van der Waals surface area contributed by atoms with Crippen LogP contribution < -0.4 is 11.1 Å². The molecule has 0 saturated carbocycles. The summed E-state index contributed by atoms with van der Waals surface area (Å²) in [6, 6.07) is 6.14. The number of aliphatic imine (C=N–C) groups is 1. The van der Waals surface area contributed by atoms with Crippen molar-refractivity contribution >= 4 is 27.2 Å². The highest BCUT2D eigenvalue weighted by molar-refractivity contribution is 7.96. The minimum absolute atomic E-state index is 0.207. The maximum Gasteiger partial charge on any atom is 0.274 e. The lowest BCUT2D eigenvalue weighted by molar-refractivity contribution is 0.102. The highest BCUT2D eigenvalue weighted by atomic mass is 32.2. The smallest absolute Gasteiger partial charge is 0.274 e. The summed E-state index contributed by atoms with van der Waals surface area (Å²) in [4.78, 5) is 20.9. The highest BCUT2D eigenvalue weighted by Crippen LogP contribution is 2.42. The van der Waals surface area contributed by atoms with Gasteiger partial charge in [0.1, 0.15) is 22.1 Å². The van der Waals surface area contributed by atoms with Crippen LogP contribution >= 0.6 is 0 Å². The highest BCUT2D eigenvalue weighted by Gasteiger charge is 2.45. The molecule has 0 aliphatic carbocycles. The zero-order chi connectivity index (χ0) is 23.0. The first-order valence-corrected chi connectivity index (χ1v) is 11.6. The molecule has 3 N–H and O–H groups in total. The van der Waals surface area contributed by atoms with Crippen molar-refractivity contribution in [2.45, 2.75) is 44.1 Å². The van der Waals surface area contributed by atoms with Gasteiger partial charge in [-0.05, 0) is 63.4 Å². The van der Waals surface area contributed by atoms with Gasteiger partial charge in [-0.2, -0.15) is 0 Å². The number of halogens is 1. The number of rotatable bonds is 5. The standard InChI is InChI=1S/C22H28FN5O2S/c1-13-10-14(2)19(26-12-13)20(29)28-15-6-7-17(23)16(11-15)18-8-9-27-31(18,30)22(3,4)21(24)25-5/h6-7,10-12,18H,8-9H2,1-5H3,(H2,24,25)(H,28,29)/t18-,31?/m0/s1. The molecule has 9 heteroatoms. The molecule has 0 spiro atoms. The lowest BCUT2D eigenvalue weighted by atomic mass is 10.1. The van der Waals surface area contributed by atoms with E-state index >= 15 is 0 Å². The van der Waals surface area contributed by atoms with Crippen molar-refractivity contribution in [2.75, 3.05) is 18.9 Å². The lowest BCUT2D eigenvalue weighted by Gasteiger charge is -2.31. The Hall–Kier alpha value is -2.81. The van der Waals surface area contributed by atoms with Crippen molar-refractivity contribution in [3.05, 3.63) is 58.7 Å². The third-order valence-electron chi connectivity index (χ3n) is 5.68. The van der Waals surface area contributed by atoms with E-state index in [-0.39, 0.29) is 11.4 Å². The fourth-order valence-electron chi connectivity index (χ4n) is 3.83. The number of carbonyl (C=O) groups is 1. The van der Waals surface area contributed by atoms with Gasteiger partial charge in [-0.1, -0.05) is 6.07 Å². The van der Waals surface area contributed by atoms with Gasteiger partial charge in [-0.3, -0.25) is 14.8 Å². The first-order valence-electron chi connectivity index (χ1n) is 9.99. The number of aromatic nitrogens is 1. The third kappa shape index (κ3) is 4.06. The van der Waals surface area contributed by atoms with Crippen LogP contribution in [0, 0.1) is 19.7 Å². The van der Waals surface area contributed by atoms with Crippen molar-refractivity contribution in [3.8, 4) is 0 Å². The molecule has 1 aromatic heterocycles. The molecule has 2 heterocycles. The van der Waals surface area contributed by atoms with Gasteiger partial charge >= 0.3 is 0 Å². The molecule has 0 bridgehead atoms. The minimum atomic E-state index is -2.96. The van der Waals surface area contributed by atoms with Gasteiger partial charge in [0.15, 0.2) is 0 Å². The van der Waals surface area contributed by atoms with Crippen LogP contribution in [0.25, 0.3) is 0 Å². The number of aryl methyl sites for hydroxylation is 2. The van der Waals surface area contributed by atoms with Gasteiger partial charge < -0.3 is 11.1 Å². The summed E-state index contributed by atoms with van der Waals surface area (Å²) in [6.07, 6.45) is 2.04. The van der Waals surface area contributed by atoms with Gasteiger partial charge in [-0.25, -0.2) is 13.0 Å². The topological polar surface area (TPSA) is 110 Å². The number of nitrogens with one attached hydrogen (secondary N) is 1. The fraction of sp³-hybridized carbons (Fsp3) is 0.409. The molecule has 1 unspecified atom stereocenters. The number of hydrogen-bond donors (Lipinski definition) is 2. The molecule has 0 saturated heterocycles. The van der Waals surface area contributed by atoms with E-state index in [9.17, 15) is 13.4 Å². The third-order valence-corrected chi connectivity index (χ3v) is 9.18. The van der Waals surface area contributed by atoms with Gasteiger partial charge in [0.05, 0.1) is 15.0 Å². The molecule has 1 aliphatic heterocycles. The Morgan fingerprint density at radius 1 is 1.32 bits per heavy atom. The van der Waals surface area contributed by atoms with E-state index in [1.165, 1.54) is 25.2 Å². The number of nitrogens with zero attached hydrogens (tertiary/aromatic N) is 3. The van der Waals surface area contributed by atoms with Gasteiger partial charge in [-0.15, -0.1) is 0 Å². The molecule has 2 atom stereocenters. The predicted molar refractivity (Wildman–Crippen MR) is 122 cm³/mol. The van der Waals surface area contributed by atoms with Crippen LogP contribution in [0.15, 0.2) is 39.8 Å². The largest absolute Gasteiger partial charge is 0.386 e. The van der Waals surface area contributed by atoms with Crippen LogP contribution in [0.4, 0.5) is 10.1 Å². The molecule has 1 aromatic carbocycles. The van der Waals surface area contributed by atoms with Gasteiger partial charge in [0.25, 0.3) is 5.91 Å². The van der Waals surface area contributed by atoms with Gasteiger partial charge in [0.2, 0.25) is 0 Å². The summed E-state index contributed by atoms with van der Waals surface area (Å²) < 4.78 is 32.1. The Bertz CT molecular complexity index is 1180. The van der Waals surface area contributed by atoms with Crippen molar-refractivity contribution in [2.24, 2.45) is 15.1 Å². The average Bonchev–Trinajstić information content (AvgIpc) is 3.11. The number of nitrogens with two attached hydrogens (primary N) is 1. The van der Waals surface area contributed by atoms with Crippen molar-refractivity contribution in [3.63, 3.8) is 0 Å². The molecule has 7 nitrogen and oxygen atoms in total. The monoisotopic (exact) mass is 445 g/mol. The molecule has 3 rings (SSSR count). The molecule has 2 aromatic rings. The van der Waals surface area contributed by atoms with Crippen LogP contribution in [-0.4, -0.2) is 39.3 Å². The maximum absolute atomic E-state index is 14.9. The van der Waals surface area contributed by atoms with Crippen LogP contribution in [0.3, 0.4) is 0 Å². The maximum atomic E-state index is 14.9. The van der Waals surface area contributed by atoms with Gasteiger partial charge in [0, 0.05) is 31.0 Å². The zero-order valence-corrected chi connectivity index (χ0v) is 19.2. The molecule has 1 aliphatic rings. The Morgan fingerprint density at radius 3 is 2.68 bits per heavy atom. The first kappa shape index (κ1) is 22.9. The van der Waals surface area contributed by atoms with Crippen LogP contribution in [-0.2, 0) is 9.73 Å². The van der Waals surface area contributed by atoms with Crippen molar-refractivity contribution in [1.82, 2.24) is 4.98 Å². The average molecular weight is 446 g/mol. The van der Waals surface area contributed by atoms with Crippen LogP contribution in [0.2, 0.25) is 0 Å². The predicted octanol–water partition coefficient (Wildman–Crippen LogP) is 3.77. The number of carbonyl (C=O) groups excluding carboxylic acids is 1. The van der Waals surface area contributed by atoms with E-state index in [1.807, 2.05) is 19.9 Å². The Labute approximate surface area is 182 Å². The van der Waals surface area contributed by atoms with Crippen molar-refractivity contribution in [1.29, 1.82) is 0 Å². The molecule has 0 radical (unpaired) electrons. The molecule has 1 amide bonds. The zero-order valence-electron chi connectivity index (χ0n) is 18.4. The van der Waals surface area contributed by atoms with Crippen molar-refractivity contribution < 1.29 is 13.4 Å². The molecular formula is C22H28FN5O2S. The molecule has 31 heavy (non-hydrogen) atoms. The number of amidine groups is 1. The first-order chi connectivity index (χ1) is 14.5. The van der Waals surface area contributed by atoms with E-state index in [1.54, 1.807) is 20.0 Å². The quantitative estimate of drug-likeness (QED) is 0.539. The summed E-state index contributed by atoms with van der Waals surface area (Å²) in [5.41, 5.74) is 8.67. The minimum Gasteiger partial charge on any atom is -0.386 e. The normalized spacial score (nSPS) is 21.6. The number of pyridine rings is 1. The van der Waals surface area contributed by atoms with Crippen LogP contribution in [0.5, 0.6) is 0 Å². The second-order valence-electron chi connectivity index (χ2n) is 8.19. The Morgan fingerprint density at radius 2 is 2.03 bits per heavy atom. The fourth-order valence-corrected chi connectivity index (χ4v) is 6.76. The van der Waals surface area contributed by atoms with E-state index in [2.05, 4.69) is 19.7 Å². The number of anilines is 1. The molecular weight excluding hydrogens is 417 g/mol. The summed E-state index contributed by atoms with van der Waals surface area (Å²) in [6.45, 7) is 7.48. The summed E-state index contributed by atoms with van der Waals surface area (Å²) in [5.74, 6) is -0.686. The summed E-state index contributed by atoms with van der Waals surface area (Å²) in [7, 11) is -1.43. The summed E-state index contributed by atoms with van der Waals surface area (Å²) in [5, 5.41) is 2.10. The Kier molecular flexibility index (Phi) is 6.18. The molecule has 0 fully saturated rings. The van der Waals surface area contributed by atoms with E-state index in [4.69, 9.17) is 5.73 Å².